The maximum Gasteiger partial charge on any atom is 0.269 e. The van der Waals surface area contributed by atoms with Crippen molar-refractivity contribution in [3.05, 3.63) is 29.6 Å². The Morgan fingerprint density at radius 2 is 1.96 bits per heavy atom. The van der Waals surface area contributed by atoms with Gasteiger partial charge in [-0.2, -0.15) is 0 Å². The van der Waals surface area contributed by atoms with E-state index < -0.39 is 0 Å². The highest BCUT2D eigenvalue weighted by atomic mass is 16.2. The minimum absolute atomic E-state index is 0.0390. The number of aromatic nitrogens is 1. The number of hydrogen-bond donors (Lipinski definition) is 1. The third-order valence-electron chi connectivity index (χ3n) is 3.87. The molecule has 1 aromatic heterocycles. The van der Waals surface area contributed by atoms with E-state index in [-0.39, 0.29) is 17.5 Å². The molecule has 2 heterocycles. The van der Waals surface area contributed by atoms with Crippen LogP contribution < -0.4 is 5.32 Å². The molecule has 1 saturated heterocycles. The second-order valence-corrected chi connectivity index (χ2v) is 6.08. The van der Waals surface area contributed by atoms with Gasteiger partial charge in [0.1, 0.15) is 5.69 Å². The van der Waals surface area contributed by atoms with Crippen molar-refractivity contribution in [2.75, 3.05) is 60.4 Å². The highest BCUT2D eigenvalue weighted by Crippen LogP contribution is 2.09. The third-order valence-corrected chi connectivity index (χ3v) is 3.87. The van der Waals surface area contributed by atoms with Gasteiger partial charge in [0.05, 0.1) is 0 Å². The first-order valence-electron chi connectivity index (χ1n) is 7.84. The summed E-state index contributed by atoms with van der Waals surface area (Å²) in [4.78, 5) is 34.7. The highest BCUT2D eigenvalue weighted by Gasteiger charge is 2.21. The lowest BCUT2D eigenvalue weighted by Gasteiger charge is -2.32. The number of carbonyl (C=O) groups excluding carboxylic acids is 2. The first-order valence-corrected chi connectivity index (χ1v) is 7.84. The van der Waals surface area contributed by atoms with Gasteiger partial charge in [-0.3, -0.25) is 14.6 Å². The van der Waals surface area contributed by atoms with Crippen molar-refractivity contribution in [1.82, 2.24) is 25.0 Å². The first-order chi connectivity index (χ1) is 11.0. The summed E-state index contributed by atoms with van der Waals surface area (Å²) in [5, 5.41) is 2.81. The van der Waals surface area contributed by atoms with Gasteiger partial charge in [0.2, 0.25) is 0 Å². The topological polar surface area (TPSA) is 68.8 Å². The Balaban J connectivity index is 1.98. The van der Waals surface area contributed by atoms with E-state index in [1.807, 2.05) is 30.9 Å². The molecule has 23 heavy (non-hydrogen) atoms. The molecule has 0 saturated carbocycles. The van der Waals surface area contributed by atoms with Crippen LogP contribution >= 0.6 is 0 Å². The zero-order valence-electron chi connectivity index (χ0n) is 14.1. The summed E-state index contributed by atoms with van der Waals surface area (Å²) in [6.45, 7) is 4.46. The second-order valence-electron chi connectivity index (χ2n) is 6.08. The molecule has 126 valence electrons. The molecule has 0 radical (unpaired) electrons. The summed E-state index contributed by atoms with van der Waals surface area (Å²) in [6.07, 6.45) is 1.52. The molecular weight excluding hydrogens is 294 g/mol. The van der Waals surface area contributed by atoms with Gasteiger partial charge in [0.25, 0.3) is 11.8 Å². The Labute approximate surface area is 137 Å². The fraction of sp³-hybridized carbons (Fsp3) is 0.562. The predicted octanol–water partition coefficient (Wildman–Crippen LogP) is -0.239. The van der Waals surface area contributed by atoms with Gasteiger partial charge < -0.3 is 20.0 Å². The van der Waals surface area contributed by atoms with E-state index in [0.717, 1.165) is 19.6 Å². The van der Waals surface area contributed by atoms with Crippen molar-refractivity contribution in [3.63, 3.8) is 0 Å². The maximum absolute atomic E-state index is 12.5. The van der Waals surface area contributed by atoms with E-state index in [1.54, 1.807) is 12.1 Å². The molecule has 1 aliphatic rings. The number of piperazine rings is 1. The van der Waals surface area contributed by atoms with Crippen molar-refractivity contribution in [1.29, 1.82) is 0 Å². The number of carbonyl (C=O) groups is 2. The molecule has 0 spiro atoms. The minimum Gasteiger partial charge on any atom is -0.349 e. The van der Waals surface area contributed by atoms with E-state index in [1.165, 1.54) is 6.20 Å². The van der Waals surface area contributed by atoms with E-state index in [4.69, 9.17) is 0 Å². The fourth-order valence-corrected chi connectivity index (χ4v) is 2.36. The monoisotopic (exact) mass is 319 g/mol. The standard InChI is InChI=1S/C16H25N5O2/c1-19(2)7-6-18-15(22)14-12-13(4-5-17-14)16(23)21-10-8-20(3)9-11-21/h4-5,12H,6-11H2,1-3H3,(H,18,22). The van der Waals surface area contributed by atoms with Crippen molar-refractivity contribution in [3.8, 4) is 0 Å². The zero-order valence-corrected chi connectivity index (χ0v) is 14.1. The third kappa shape index (κ3) is 5.01. The van der Waals surface area contributed by atoms with Crippen molar-refractivity contribution in [2.24, 2.45) is 0 Å². The van der Waals surface area contributed by atoms with E-state index in [0.29, 0.717) is 25.2 Å². The average Bonchev–Trinajstić information content (AvgIpc) is 2.54. The summed E-state index contributed by atoms with van der Waals surface area (Å²) >= 11 is 0. The molecule has 0 unspecified atom stereocenters. The molecular formula is C16H25N5O2. The van der Waals surface area contributed by atoms with Crippen LogP contribution in [0.4, 0.5) is 0 Å². The minimum atomic E-state index is -0.250. The summed E-state index contributed by atoms with van der Waals surface area (Å²) in [5.74, 6) is -0.289. The van der Waals surface area contributed by atoms with Crippen LogP contribution in [-0.4, -0.2) is 91.9 Å². The van der Waals surface area contributed by atoms with Crippen molar-refractivity contribution < 1.29 is 9.59 Å². The van der Waals surface area contributed by atoms with Crippen molar-refractivity contribution >= 4 is 11.8 Å². The normalized spacial score (nSPS) is 15.7. The molecule has 0 aliphatic carbocycles. The molecule has 1 aromatic rings. The maximum atomic E-state index is 12.5. The smallest absolute Gasteiger partial charge is 0.269 e. The second kappa shape index (κ2) is 8.03. The molecule has 2 rings (SSSR count). The molecule has 7 nitrogen and oxygen atoms in total. The summed E-state index contributed by atoms with van der Waals surface area (Å²) in [5.41, 5.74) is 0.797. The molecule has 2 amide bonds. The average molecular weight is 319 g/mol. The quantitative estimate of drug-likeness (QED) is 0.811. The predicted molar refractivity (Wildman–Crippen MR) is 88.5 cm³/mol. The van der Waals surface area contributed by atoms with Crippen LogP contribution in [0.5, 0.6) is 0 Å². The zero-order chi connectivity index (χ0) is 16.8. The van der Waals surface area contributed by atoms with Gasteiger partial charge in [-0.1, -0.05) is 0 Å². The van der Waals surface area contributed by atoms with Crippen LogP contribution in [-0.2, 0) is 0 Å². The Morgan fingerprint density at radius 1 is 1.26 bits per heavy atom. The van der Waals surface area contributed by atoms with E-state index in [9.17, 15) is 9.59 Å². The molecule has 0 aromatic carbocycles. The lowest BCUT2D eigenvalue weighted by molar-refractivity contribution is 0.0664. The first kappa shape index (κ1) is 17.4. The largest absolute Gasteiger partial charge is 0.349 e. The Hall–Kier alpha value is -1.99. The highest BCUT2D eigenvalue weighted by molar-refractivity contribution is 5.98. The summed E-state index contributed by atoms with van der Waals surface area (Å²) in [6, 6.07) is 3.24. The Bertz CT molecular complexity index is 553. The van der Waals surface area contributed by atoms with E-state index in [2.05, 4.69) is 15.2 Å². The lowest BCUT2D eigenvalue weighted by atomic mass is 10.1. The van der Waals surface area contributed by atoms with Crippen LogP contribution in [0.1, 0.15) is 20.8 Å². The van der Waals surface area contributed by atoms with Gasteiger partial charge in [-0.25, -0.2) is 0 Å². The number of amides is 2. The SMILES string of the molecule is CN(C)CCNC(=O)c1cc(C(=O)N2CCN(C)CC2)ccn1. The van der Waals surface area contributed by atoms with Gasteiger partial charge in [0, 0.05) is 51.0 Å². The number of likely N-dealkylation sites (N-methyl/N-ethyl adjacent to an activating group) is 2. The molecule has 1 fully saturated rings. The fourth-order valence-electron chi connectivity index (χ4n) is 2.36. The summed E-state index contributed by atoms with van der Waals surface area (Å²) in [7, 11) is 5.93. The summed E-state index contributed by atoms with van der Waals surface area (Å²) < 4.78 is 0. The van der Waals surface area contributed by atoms with E-state index >= 15 is 0 Å². The Kier molecular flexibility index (Phi) is 6.06. The number of pyridine rings is 1. The number of rotatable bonds is 5. The van der Waals surface area contributed by atoms with Gasteiger partial charge in [0.15, 0.2) is 0 Å². The van der Waals surface area contributed by atoms with Crippen LogP contribution in [0.25, 0.3) is 0 Å². The van der Waals surface area contributed by atoms with Crippen LogP contribution in [0.2, 0.25) is 0 Å². The molecule has 7 heteroatoms. The van der Waals surface area contributed by atoms with Gasteiger partial charge in [-0.15, -0.1) is 0 Å². The number of nitrogens with one attached hydrogen (secondary N) is 1. The van der Waals surface area contributed by atoms with Crippen molar-refractivity contribution in [2.45, 2.75) is 0 Å². The number of hydrogen-bond acceptors (Lipinski definition) is 5. The molecule has 1 N–H and O–H groups in total. The molecule has 1 aliphatic heterocycles. The van der Waals surface area contributed by atoms with Gasteiger partial charge in [-0.05, 0) is 33.3 Å². The molecule has 0 bridgehead atoms. The lowest BCUT2D eigenvalue weighted by Crippen LogP contribution is -2.47. The molecule has 0 atom stereocenters. The Morgan fingerprint density at radius 3 is 2.61 bits per heavy atom. The van der Waals surface area contributed by atoms with Gasteiger partial charge >= 0.3 is 0 Å². The number of nitrogens with zero attached hydrogens (tertiary/aromatic N) is 4. The van der Waals surface area contributed by atoms with Crippen LogP contribution in [0.15, 0.2) is 18.3 Å². The van der Waals surface area contributed by atoms with Crippen LogP contribution in [0.3, 0.4) is 0 Å². The van der Waals surface area contributed by atoms with Crippen LogP contribution in [0, 0.1) is 0 Å².